The first-order chi connectivity index (χ1) is 8.54. The van der Waals surface area contributed by atoms with E-state index in [-0.39, 0.29) is 0 Å². The predicted octanol–water partition coefficient (Wildman–Crippen LogP) is 3.90. The Labute approximate surface area is 103 Å². The summed E-state index contributed by atoms with van der Waals surface area (Å²) in [4.78, 5) is 4.78. The third-order valence-corrected chi connectivity index (χ3v) is 1.91. The summed E-state index contributed by atoms with van der Waals surface area (Å²) in [6.07, 6.45) is 2.97. The molecule has 0 spiro atoms. The van der Waals surface area contributed by atoms with Crippen molar-refractivity contribution in [2.75, 3.05) is 0 Å². The van der Waals surface area contributed by atoms with Crippen LogP contribution in [0, 0.1) is 0 Å². The fraction of sp³-hybridized carbons (Fsp3) is 0.0769. The quantitative estimate of drug-likeness (QED) is 0.373. The van der Waals surface area contributed by atoms with Gasteiger partial charge < -0.3 is 4.84 Å². The molecular weight excluding hydrogens is 243 g/mol. The van der Waals surface area contributed by atoms with Crippen molar-refractivity contribution in [3.05, 3.63) is 66.6 Å². The van der Waals surface area contributed by atoms with Crippen LogP contribution in [0.4, 0.5) is 13.2 Å². The van der Waals surface area contributed by atoms with Crippen LogP contribution < -0.4 is 5.48 Å². The maximum absolute atomic E-state index is 12.4. The second kappa shape index (κ2) is 6.54. The Hall–Kier alpha value is -2.17. The van der Waals surface area contributed by atoms with Crippen LogP contribution in [0.2, 0.25) is 0 Å². The molecule has 1 aromatic rings. The van der Waals surface area contributed by atoms with Gasteiger partial charge in [0.15, 0.2) is 0 Å². The van der Waals surface area contributed by atoms with Crippen molar-refractivity contribution in [3.8, 4) is 0 Å². The molecule has 18 heavy (non-hydrogen) atoms. The average Bonchev–Trinajstić information content (AvgIpc) is 2.33. The molecule has 0 heterocycles. The number of benzene rings is 1. The normalized spacial score (nSPS) is 11.9. The zero-order valence-electron chi connectivity index (χ0n) is 9.45. The summed E-state index contributed by atoms with van der Waals surface area (Å²) < 4.78 is 37.2. The van der Waals surface area contributed by atoms with Gasteiger partial charge in [0, 0.05) is 6.20 Å². The standard InChI is InChI=1S/C13H12F3NO/c1-2-3-9-18-17-8-7-11-5-4-6-12(10-11)13(14,15)16/h2-10,17H,1H2/b8-7+,9-3-. The molecular formula is C13H12F3NO. The van der Waals surface area contributed by atoms with Gasteiger partial charge in [-0.15, -0.1) is 0 Å². The zero-order chi connectivity index (χ0) is 13.4. The zero-order valence-corrected chi connectivity index (χ0v) is 9.45. The van der Waals surface area contributed by atoms with E-state index in [9.17, 15) is 13.2 Å². The minimum Gasteiger partial charge on any atom is -0.391 e. The van der Waals surface area contributed by atoms with Crippen molar-refractivity contribution in [1.29, 1.82) is 0 Å². The van der Waals surface area contributed by atoms with Crippen LogP contribution in [0.15, 0.2) is 55.5 Å². The van der Waals surface area contributed by atoms with E-state index in [0.717, 1.165) is 12.1 Å². The first-order valence-electron chi connectivity index (χ1n) is 5.06. The van der Waals surface area contributed by atoms with E-state index in [4.69, 9.17) is 4.84 Å². The molecule has 0 aliphatic heterocycles. The van der Waals surface area contributed by atoms with Gasteiger partial charge in [-0.2, -0.15) is 13.2 Å². The molecule has 0 saturated carbocycles. The average molecular weight is 255 g/mol. The third-order valence-electron chi connectivity index (χ3n) is 1.91. The highest BCUT2D eigenvalue weighted by Gasteiger charge is 2.30. The van der Waals surface area contributed by atoms with Crippen LogP contribution >= 0.6 is 0 Å². The van der Waals surface area contributed by atoms with Crippen molar-refractivity contribution >= 4 is 6.08 Å². The number of hydrogen-bond acceptors (Lipinski definition) is 2. The molecule has 1 N–H and O–H groups in total. The lowest BCUT2D eigenvalue weighted by Crippen LogP contribution is -2.04. The van der Waals surface area contributed by atoms with Gasteiger partial charge in [0.1, 0.15) is 6.26 Å². The van der Waals surface area contributed by atoms with Crippen LogP contribution in [0.5, 0.6) is 0 Å². The van der Waals surface area contributed by atoms with Gasteiger partial charge in [-0.1, -0.05) is 24.8 Å². The molecule has 0 atom stereocenters. The molecule has 0 amide bonds. The summed E-state index contributed by atoms with van der Waals surface area (Å²) in [5.74, 6) is 0. The molecule has 1 aromatic carbocycles. The first kappa shape index (κ1) is 13.9. The van der Waals surface area contributed by atoms with Gasteiger partial charge in [0.2, 0.25) is 0 Å². The smallest absolute Gasteiger partial charge is 0.391 e. The number of rotatable bonds is 5. The second-order valence-electron chi connectivity index (χ2n) is 3.26. The molecule has 0 saturated heterocycles. The highest BCUT2D eigenvalue weighted by molar-refractivity contribution is 5.50. The first-order valence-corrected chi connectivity index (χ1v) is 5.06. The van der Waals surface area contributed by atoms with Crippen LogP contribution in [0.3, 0.4) is 0 Å². The van der Waals surface area contributed by atoms with Gasteiger partial charge in [-0.25, -0.2) is 5.48 Å². The lowest BCUT2D eigenvalue weighted by atomic mass is 10.1. The van der Waals surface area contributed by atoms with Gasteiger partial charge in [0.05, 0.1) is 5.56 Å². The Bertz CT molecular complexity index is 450. The Balaban J connectivity index is 2.60. The van der Waals surface area contributed by atoms with Gasteiger partial charge >= 0.3 is 6.18 Å². The maximum Gasteiger partial charge on any atom is 0.416 e. The molecule has 96 valence electrons. The van der Waals surface area contributed by atoms with Crippen LogP contribution in [-0.2, 0) is 11.0 Å². The molecule has 0 aliphatic carbocycles. The van der Waals surface area contributed by atoms with Gasteiger partial charge in [-0.05, 0) is 29.8 Å². The minimum atomic E-state index is -4.33. The predicted molar refractivity (Wildman–Crippen MR) is 64.0 cm³/mol. The number of hydroxylamine groups is 1. The molecule has 1 rings (SSSR count). The van der Waals surface area contributed by atoms with E-state index in [2.05, 4.69) is 12.1 Å². The summed E-state index contributed by atoms with van der Waals surface area (Å²) in [7, 11) is 0. The number of nitrogens with one attached hydrogen (secondary N) is 1. The van der Waals surface area contributed by atoms with Gasteiger partial charge in [0.25, 0.3) is 0 Å². The topological polar surface area (TPSA) is 21.3 Å². The van der Waals surface area contributed by atoms with Gasteiger partial charge in [-0.3, -0.25) is 0 Å². The molecule has 2 nitrogen and oxygen atoms in total. The Morgan fingerprint density at radius 3 is 2.72 bits per heavy atom. The third kappa shape index (κ3) is 4.78. The molecule has 0 radical (unpaired) electrons. The SMILES string of the molecule is C=C/C=C\ON/C=C/c1cccc(C(F)(F)F)c1. The number of halogens is 3. The summed E-state index contributed by atoms with van der Waals surface area (Å²) in [6.45, 7) is 3.44. The highest BCUT2D eigenvalue weighted by atomic mass is 19.4. The summed E-state index contributed by atoms with van der Waals surface area (Å²) in [6, 6.07) is 4.99. The van der Waals surface area contributed by atoms with Crippen molar-refractivity contribution in [1.82, 2.24) is 5.48 Å². The van der Waals surface area contributed by atoms with E-state index in [0.29, 0.717) is 5.56 Å². The molecule has 0 aromatic heterocycles. The molecule has 0 aliphatic rings. The minimum absolute atomic E-state index is 0.425. The number of allylic oxidation sites excluding steroid dienone is 2. The van der Waals surface area contributed by atoms with E-state index >= 15 is 0 Å². The number of hydrogen-bond donors (Lipinski definition) is 1. The Morgan fingerprint density at radius 2 is 2.06 bits per heavy atom. The van der Waals surface area contributed by atoms with E-state index in [1.54, 1.807) is 12.1 Å². The van der Waals surface area contributed by atoms with Crippen LogP contribution in [0.1, 0.15) is 11.1 Å². The summed E-state index contributed by atoms with van der Waals surface area (Å²) in [5.41, 5.74) is 2.17. The number of alkyl halides is 3. The highest BCUT2D eigenvalue weighted by Crippen LogP contribution is 2.29. The summed E-state index contributed by atoms with van der Waals surface area (Å²) >= 11 is 0. The molecule has 5 heteroatoms. The monoisotopic (exact) mass is 255 g/mol. The van der Waals surface area contributed by atoms with E-state index < -0.39 is 11.7 Å². The Morgan fingerprint density at radius 1 is 1.28 bits per heavy atom. The summed E-state index contributed by atoms with van der Waals surface area (Å²) in [5, 5.41) is 0. The van der Waals surface area contributed by atoms with Crippen molar-refractivity contribution in [3.63, 3.8) is 0 Å². The fourth-order valence-electron chi connectivity index (χ4n) is 1.12. The molecule has 0 fully saturated rings. The molecule has 0 bridgehead atoms. The lowest BCUT2D eigenvalue weighted by Gasteiger charge is -2.06. The van der Waals surface area contributed by atoms with Crippen LogP contribution in [-0.4, -0.2) is 0 Å². The van der Waals surface area contributed by atoms with E-state index in [1.165, 1.54) is 30.7 Å². The largest absolute Gasteiger partial charge is 0.416 e. The second-order valence-corrected chi connectivity index (χ2v) is 3.26. The van der Waals surface area contributed by atoms with Crippen molar-refractivity contribution in [2.45, 2.75) is 6.18 Å². The fourth-order valence-corrected chi connectivity index (χ4v) is 1.12. The lowest BCUT2D eigenvalue weighted by molar-refractivity contribution is -0.137. The maximum atomic E-state index is 12.4. The Kier molecular flexibility index (Phi) is 5.05. The van der Waals surface area contributed by atoms with E-state index in [1.807, 2.05) is 0 Å². The van der Waals surface area contributed by atoms with Crippen molar-refractivity contribution in [2.24, 2.45) is 0 Å². The molecule has 0 unspecified atom stereocenters. The van der Waals surface area contributed by atoms with Crippen LogP contribution in [0.25, 0.3) is 6.08 Å². The van der Waals surface area contributed by atoms with Crippen molar-refractivity contribution < 1.29 is 18.0 Å².